The quantitative estimate of drug-likeness (QED) is 0.513. The number of pyridine rings is 1. The Labute approximate surface area is 105 Å². The van der Waals surface area contributed by atoms with Crippen LogP contribution in [0.2, 0.25) is 0 Å². The van der Waals surface area contributed by atoms with Crippen LogP contribution in [0.15, 0.2) is 24.5 Å². The normalized spacial score (nSPS) is 7.77. The predicted octanol–water partition coefficient (Wildman–Crippen LogP) is 2.98. The van der Waals surface area contributed by atoms with Gasteiger partial charge < -0.3 is 4.90 Å². The lowest BCUT2D eigenvalue weighted by atomic mass is 10.4. The van der Waals surface area contributed by atoms with Crippen molar-refractivity contribution < 1.29 is 4.57 Å². The van der Waals surface area contributed by atoms with Gasteiger partial charge in [0.25, 0.3) is 0 Å². The van der Waals surface area contributed by atoms with Gasteiger partial charge in [-0.3, -0.25) is 0 Å². The maximum atomic E-state index is 2.12. The summed E-state index contributed by atoms with van der Waals surface area (Å²) >= 11 is 4.24. The summed E-state index contributed by atoms with van der Waals surface area (Å²) < 4.78 is 2.02. The Bertz CT molecular complexity index is 209. The fraction of sp³-hybridized carbons (Fsp3) is 0.444. The minimum atomic E-state index is 0. The number of halogens is 2. The minimum absolute atomic E-state index is 0. The van der Waals surface area contributed by atoms with Gasteiger partial charge in [0, 0.05) is 69.1 Å². The standard InChI is InChI=1S/C8H13N2.CH4.I2/c1-9(2)8-4-6-10(3)7-5-8;;1-2/h4-7H,1-3H3;1H4;/q+1;;. The van der Waals surface area contributed by atoms with Gasteiger partial charge in [-0.1, -0.05) is 7.43 Å². The summed E-state index contributed by atoms with van der Waals surface area (Å²) in [4.78, 5) is 2.08. The molecule has 0 radical (unpaired) electrons. The first kappa shape index (κ1) is 15.9. The molecule has 0 amide bonds. The first-order valence-corrected chi connectivity index (χ1v) is 9.75. The summed E-state index contributed by atoms with van der Waals surface area (Å²) in [6, 6.07) is 4.17. The molecule has 2 nitrogen and oxygen atoms in total. The van der Waals surface area contributed by atoms with Gasteiger partial charge in [0.2, 0.25) is 0 Å². The lowest BCUT2D eigenvalue weighted by Gasteiger charge is -2.09. The van der Waals surface area contributed by atoms with E-state index in [1.54, 1.807) is 0 Å². The van der Waals surface area contributed by atoms with Crippen molar-refractivity contribution in [3.8, 4) is 0 Å². The topological polar surface area (TPSA) is 7.12 Å². The molecule has 0 aliphatic heterocycles. The van der Waals surface area contributed by atoms with Crippen molar-refractivity contribution in [2.24, 2.45) is 7.05 Å². The Kier molecular flexibility index (Phi) is 11.0. The average Bonchev–Trinajstić information content (AvgIpc) is 2.09. The van der Waals surface area contributed by atoms with Crippen LogP contribution in [0.5, 0.6) is 0 Å². The van der Waals surface area contributed by atoms with Gasteiger partial charge in [-0.05, 0) is 0 Å². The van der Waals surface area contributed by atoms with Crippen LogP contribution in [0.4, 0.5) is 5.69 Å². The third-order valence-electron chi connectivity index (χ3n) is 1.48. The van der Waals surface area contributed by atoms with E-state index >= 15 is 0 Å². The number of aryl methyl sites for hydroxylation is 1. The van der Waals surface area contributed by atoms with Crippen molar-refractivity contribution >= 4 is 42.9 Å². The Hall–Kier alpha value is 0.410. The van der Waals surface area contributed by atoms with Gasteiger partial charge in [0.15, 0.2) is 12.4 Å². The Morgan fingerprint density at radius 1 is 1.15 bits per heavy atom. The van der Waals surface area contributed by atoms with Gasteiger partial charge in [0.05, 0.1) is 0 Å². The fourth-order valence-corrected chi connectivity index (χ4v) is 0.791. The number of hydrogen-bond donors (Lipinski definition) is 0. The van der Waals surface area contributed by atoms with Crippen molar-refractivity contribution in [1.29, 1.82) is 0 Å². The fourth-order valence-electron chi connectivity index (χ4n) is 0.791. The maximum absolute atomic E-state index is 2.12. The van der Waals surface area contributed by atoms with Crippen LogP contribution in [0, 0.1) is 0 Å². The van der Waals surface area contributed by atoms with Crippen LogP contribution in [0.3, 0.4) is 0 Å². The summed E-state index contributed by atoms with van der Waals surface area (Å²) in [5, 5.41) is 0. The van der Waals surface area contributed by atoms with Crippen molar-refractivity contribution in [1.82, 2.24) is 0 Å². The van der Waals surface area contributed by atoms with E-state index in [2.05, 4.69) is 54.3 Å². The smallest absolute Gasteiger partial charge is 0.170 e. The van der Waals surface area contributed by atoms with Crippen molar-refractivity contribution in [3.63, 3.8) is 0 Å². The molecule has 0 aliphatic carbocycles. The summed E-state index contributed by atoms with van der Waals surface area (Å²) in [5.41, 5.74) is 1.23. The number of anilines is 1. The van der Waals surface area contributed by atoms with E-state index in [0.29, 0.717) is 0 Å². The minimum Gasteiger partial charge on any atom is -0.377 e. The zero-order valence-electron chi connectivity index (χ0n) is 7.46. The van der Waals surface area contributed by atoms with E-state index in [1.807, 2.05) is 38.1 Å². The van der Waals surface area contributed by atoms with Gasteiger partial charge in [-0.25, -0.2) is 4.57 Å². The molecule has 0 atom stereocenters. The first-order chi connectivity index (χ1) is 5.70. The summed E-state index contributed by atoms with van der Waals surface area (Å²) in [6.45, 7) is 0. The molecule has 0 aromatic carbocycles. The highest BCUT2D eigenvalue weighted by atomic mass is 128. The van der Waals surface area contributed by atoms with Crippen LogP contribution >= 0.6 is 37.2 Å². The SMILES string of the molecule is C.CN(C)c1cc[n+](C)cc1.II. The van der Waals surface area contributed by atoms with Crippen LogP contribution in [-0.4, -0.2) is 14.1 Å². The predicted molar refractivity (Wildman–Crippen MR) is 76.7 cm³/mol. The third kappa shape index (κ3) is 6.48. The molecule has 0 saturated heterocycles. The summed E-state index contributed by atoms with van der Waals surface area (Å²) in [7, 11) is 6.09. The van der Waals surface area contributed by atoms with E-state index in [1.165, 1.54) is 5.69 Å². The van der Waals surface area contributed by atoms with Crippen LogP contribution in [0.25, 0.3) is 0 Å². The van der Waals surface area contributed by atoms with Crippen molar-refractivity contribution in [2.75, 3.05) is 19.0 Å². The third-order valence-corrected chi connectivity index (χ3v) is 1.48. The highest BCUT2D eigenvalue weighted by Gasteiger charge is 1.95. The van der Waals surface area contributed by atoms with Crippen molar-refractivity contribution in [2.45, 2.75) is 7.43 Å². The molecule has 1 rings (SSSR count). The second kappa shape index (κ2) is 8.98. The zero-order chi connectivity index (χ0) is 9.56. The highest BCUT2D eigenvalue weighted by Crippen LogP contribution is 2.04. The van der Waals surface area contributed by atoms with Gasteiger partial charge in [-0.15, -0.1) is 0 Å². The second-order valence-electron chi connectivity index (χ2n) is 2.62. The van der Waals surface area contributed by atoms with E-state index in [9.17, 15) is 0 Å². The summed E-state index contributed by atoms with van der Waals surface area (Å²) in [6.07, 6.45) is 4.07. The van der Waals surface area contributed by atoms with Crippen LogP contribution < -0.4 is 9.47 Å². The molecule has 76 valence electrons. The molecule has 0 N–H and O–H groups in total. The molecule has 0 unspecified atom stereocenters. The van der Waals surface area contributed by atoms with Gasteiger partial charge >= 0.3 is 0 Å². The van der Waals surface area contributed by atoms with Gasteiger partial charge in [0.1, 0.15) is 7.05 Å². The lowest BCUT2D eigenvalue weighted by molar-refractivity contribution is -0.671. The Balaban J connectivity index is 0. The number of nitrogens with zero attached hydrogens (tertiary/aromatic N) is 2. The summed E-state index contributed by atoms with van der Waals surface area (Å²) in [5.74, 6) is 0. The van der Waals surface area contributed by atoms with E-state index in [0.717, 1.165) is 0 Å². The first-order valence-electron chi connectivity index (χ1n) is 3.47. The Morgan fingerprint density at radius 2 is 1.54 bits per heavy atom. The van der Waals surface area contributed by atoms with Crippen LogP contribution in [-0.2, 0) is 7.05 Å². The second-order valence-corrected chi connectivity index (χ2v) is 2.62. The zero-order valence-corrected chi connectivity index (χ0v) is 11.8. The molecule has 1 aromatic rings. The monoisotopic (exact) mass is 407 g/mol. The van der Waals surface area contributed by atoms with E-state index < -0.39 is 0 Å². The van der Waals surface area contributed by atoms with Crippen LogP contribution in [0.1, 0.15) is 7.43 Å². The molecule has 0 saturated carbocycles. The molecule has 4 heteroatoms. The molecule has 0 fully saturated rings. The molecule has 0 spiro atoms. The average molecular weight is 407 g/mol. The largest absolute Gasteiger partial charge is 0.377 e. The number of aromatic nitrogens is 1. The molecular formula is C9H17I2N2+. The maximum Gasteiger partial charge on any atom is 0.170 e. The lowest BCUT2D eigenvalue weighted by Crippen LogP contribution is -2.26. The molecular weight excluding hydrogens is 390 g/mol. The molecule has 0 bridgehead atoms. The number of hydrogen-bond acceptors (Lipinski definition) is 1. The molecule has 1 heterocycles. The highest BCUT2D eigenvalue weighted by molar-refractivity contribution is 15.0. The molecule has 13 heavy (non-hydrogen) atoms. The van der Waals surface area contributed by atoms with Gasteiger partial charge in [-0.2, -0.15) is 0 Å². The van der Waals surface area contributed by atoms with E-state index in [4.69, 9.17) is 0 Å². The molecule has 0 aliphatic rings. The van der Waals surface area contributed by atoms with Crippen molar-refractivity contribution in [3.05, 3.63) is 24.5 Å². The molecule has 1 aromatic heterocycles. The van der Waals surface area contributed by atoms with E-state index in [-0.39, 0.29) is 7.43 Å². The Morgan fingerprint density at radius 3 is 1.85 bits per heavy atom. The number of rotatable bonds is 1.